The molecule has 0 aliphatic carbocycles. The number of benzene rings is 1. The lowest BCUT2D eigenvalue weighted by atomic mass is 9.90. The molecule has 0 saturated carbocycles. The summed E-state index contributed by atoms with van der Waals surface area (Å²) >= 11 is 0. The van der Waals surface area contributed by atoms with Crippen molar-refractivity contribution < 1.29 is 13.9 Å². The average molecular weight is 540 g/mol. The molecule has 13 heteroatoms. The molecule has 6 rings (SSSR count). The largest absolute Gasteiger partial charge is 0.378 e. The summed E-state index contributed by atoms with van der Waals surface area (Å²) in [5.74, 6) is 0.438. The Morgan fingerprint density at radius 1 is 1.03 bits per heavy atom. The van der Waals surface area contributed by atoms with Crippen molar-refractivity contribution in [3.63, 3.8) is 0 Å². The summed E-state index contributed by atoms with van der Waals surface area (Å²) in [5.41, 5.74) is 9.14. The van der Waals surface area contributed by atoms with Gasteiger partial charge in [0, 0.05) is 55.6 Å². The maximum absolute atomic E-state index is 13.3. The second-order valence-electron chi connectivity index (χ2n) is 9.21. The average Bonchev–Trinajstić information content (AvgIpc) is 3.38. The standard InChI is InChI=1S/C25H26FN9O2.ClH/c26-18-3-1-16(2-4-18)23(36)34-7-5-15(6-8-34)21-19-20(17-13-28-24(27)29-14-17)30-25(31-22(19)33-32-21)35-9-11-37-12-10-35;/h1-4,13-15H,5-12H2,(H2,27,28,29)(H,30,31,32,33);1H. The third-order valence-electron chi connectivity index (χ3n) is 6.93. The van der Waals surface area contributed by atoms with Gasteiger partial charge in [-0.3, -0.25) is 9.89 Å². The Morgan fingerprint density at radius 2 is 1.71 bits per heavy atom. The van der Waals surface area contributed by atoms with E-state index in [0.29, 0.717) is 62.2 Å². The third-order valence-corrected chi connectivity index (χ3v) is 6.93. The first-order valence-electron chi connectivity index (χ1n) is 12.3. The number of piperidine rings is 1. The van der Waals surface area contributed by atoms with Crippen molar-refractivity contribution in [1.29, 1.82) is 0 Å². The summed E-state index contributed by atoms with van der Waals surface area (Å²) in [6, 6.07) is 5.66. The minimum atomic E-state index is -0.359. The Labute approximate surface area is 224 Å². The summed E-state index contributed by atoms with van der Waals surface area (Å²) in [4.78, 5) is 34.8. The van der Waals surface area contributed by atoms with Gasteiger partial charge in [-0.25, -0.2) is 19.3 Å². The number of carbonyl (C=O) groups excluding carboxylic acids is 1. The predicted molar refractivity (Wildman–Crippen MR) is 142 cm³/mol. The van der Waals surface area contributed by atoms with E-state index in [1.807, 2.05) is 0 Å². The lowest BCUT2D eigenvalue weighted by Gasteiger charge is -2.31. The molecular formula is C25H27ClFN9O2. The van der Waals surface area contributed by atoms with Gasteiger partial charge in [0.1, 0.15) is 5.82 Å². The third kappa shape index (κ3) is 4.96. The molecule has 0 bridgehead atoms. The quantitative estimate of drug-likeness (QED) is 0.400. The number of aromatic nitrogens is 6. The molecular weight excluding hydrogens is 513 g/mol. The maximum Gasteiger partial charge on any atom is 0.253 e. The van der Waals surface area contributed by atoms with Gasteiger partial charge in [-0.05, 0) is 37.1 Å². The summed E-state index contributed by atoms with van der Waals surface area (Å²) in [6.45, 7) is 3.77. The number of nitrogens with zero attached hydrogens (tertiary/aromatic N) is 7. The van der Waals surface area contributed by atoms with Crippen LogP contribution in [0.3, 0.4) is 0 Å². The van der Waals surface area contributed by atoms with Crippen LogP contribution in [0.2, 0.25) is 0 Å². The normalized spacial score (nSPS) is 16.4. The van der Waals surface area contributed by atoms with Gasteiger partial charge in [-0.2, -0.15) is 10.1 Å². The Bertz CT molecular complexity index is 1420. The number of aromatic amines is 1. The number of nitrogens with two attached hydrogens (primary N) is 1. The van der Waals surface area contributed by atoms with Gasteiger partial charge in [0.2, 0.25) is 11.9 Å². The summed E-state index contributed by atoms with van der Waals surface area (Å²) in [6.07, 6.45) is 4.79. The maximum atomic E-state index is 13.3. The van der Waals surface area contributed by atoms with Gasteiger partial charge >= 0.3 is 0 Å². The molecule has 3 N–H and O–H groups in total. The molecule has 0 unspecified atom stereocenters. The molecule has 0 radical (unpaired) electrons. The molecule has 2 aliphatic rings. The number of H-pyrrole nitrogens is 1. The Balaban J connectivity index is 0.00000294. The molecule has 2 saturated heterocycles. The summed E-state index contributed by atoms with van der Waals surface area (Å²) in [7, 11) is 0. The Morgan fingerprint density at radius 3 is 2.39 bits per heavy atom. The highest BCUT2D eigenvalue weighted by molar-refractivity contribution is 5.95. The van der Waals surface area contributed by atoms with Gasteiger partial charge in [-0.1, -0.05) is 0 Å². The zero-order chi connectivity index (χ0) is 25.4. The number of hydrogen-bond donors (Lipinski definition) is 2. The van der Waals surface area contributed by atoms with E-state index in [1.54, 1.807) is 17.3 Å². The van der Waals surface area contributed by atoms with E-state index in [0.717, 1.165) is 29.5 Å². The van der Waals surface area contributed by atoms with Crippen molar-refractivity contribution in [3.05, 3.63) is 53.7 Å². The summed E-state index contributed by atoms with van der Waals surface area (Å²) < 4.78 is 18.7. The van der Waals surface area contributed by atoms with Crippen LogP contribution >= 0.6 is 12.4 Å². The van der Waals surface area contributed by atoms with Gasteiger partial charge in [0.15, 0.2) is 5.65 Å². The number of nitrogen functional groups attached to an aromatic ring is 1. The van der Waals surface area contributed by atoms with Crippen LogP contribution in [0.4, 0.5) is 16.3 Å². The van der Waals surface area contributed by atoms with Crippen molar-refractivity contribution in [1.82, 2.24) is 35.0 Å². The number of rotatable bonds is 4. The fraction of sp³-hybridized carbons (Fsp3) is 0.360. The van der Waals surface area contributed by atoms with Gasteiger partial charge < -0.3 is 20.3 Å². The minimum Gasteiger partial charge on any atom is -0.378 e. The highest BCUT2D eigenvalue weighted by Crippen LogP contribution is 2.36. The van der Waals surface area contributed by atoms with Crippen LogP contribution < -0.4 is 10.6 Å². The van der Waals surface area contributed by atoms with Crippen molar-refractivity contribution in [2.24, 2.45) is 0 Å². The smallest absolute Gasteiger partial charge is 0.253 e. The summed E-state index contributed by atoms with van der Waals surface area (Å²) in [5, 5.41) is 8.60. The molecule has 0 spiro atoms. The number of hydrogen-bond acceptors (Lipinski definition) is 9. The van der Waals surface area contributed by atoms with Crippen molar-refractivity contribution in [3.8, 4) is 11.3 Å². The SMILES string of the molecule is Cl.Nc1ncc(-c2nc(N3CCOCC3)nc3[nH]nc(C4CCN(C(=O)c5ccc(F)cc5)CC4)c23)cn1. The fourth-order valence-corrected chi connectivity index (χ4v) is 4.94. The van der Waals surface area contributed by atoms with Crippen molar-refractivity contribution >= 4 is 41.2 Å². The first-order valence-corrected chi connectivity index (χ1v) is 12.3. The van der Waals surface area contributed by atoms with E-state index in [9.17, 15) is 9.18 Å². The number of anilines is 2. The molecule has 1 aromatic carbocycles. The van der Waals surface area contributed by atoms with Crippen LogP contribution in [0, 0.1) is 5.82 Å². The second kappa shape index (κ2) is 10.8. The number of nitrogens with one attached hydrogen (secondary N) is 1. The number of halogens is 2. The number of likely N-dealkylation sites (tertiary alicyclic amines) is 1. The molecule has 2 fully saturated rings. The van der Waals surface area contributed by atoms with E-state index in [1.165, 1.54) is 24.3 Å². The predicted octanol–water partition coefficient (Wildman–Crippen LogP) is 2.81. The zero-order valence-corrected chi connectivity index (χ0v) is 21.3. The van der Waals surface area contributed by atoms with E-state index in [2.05, 4.69) is 25.1 Å². The first kappa shape index (κ1) is 25.7. The highest BCUT2D eigenvalue weighted by Gasteiger charge is 2.30. The van der Waals surface area contributed by atoms with Crippen LogP contribution in [0.1, 0.15) is 34.8 Å². The Kier molecular flexibility index (Phi) is 7.34. The molecule has 4 aromatic rings. The van der Waals surface area contributed by atoms with Crippen LogP contribution in [-0.2, 0) is 4.74 Å². The monoisotopic (exact) mass is 539 g/mol. The van der Waals surface area contributed by atoms with Gasteiger partial charge in [0.05, 0.1) is 30.0 Å². The number of amides is 1. The van der Waals surface area contributed by atoms with Crippen molar-refractivity contribution in [2.75, 3.05) is 50.0 Å². The number of ether oxygens (including phenoxy) is 1. The first-order chi connectivity index (χ1) is 18.1. The second-order valence-corrected chi connectivity index (χ2v) is 9.21. The highest BCUT2D eigenvalue weighted by atomic mass is 35.5. The van der Waals surface area contributed by atoms with E-state index < -0.39 is 0 Å². The molecule has 198 valence electrons. The zero-order valence-electron chi connectivity index (χ0n) is 20.5. The number of morpholine rings is 1. The number of carbonyl (C=O) groups is 1. The lowest BCUT2D eigenvalue weighted by molar-refractivity contribution is 0.0712. The van der Waals surface area contributed by atoms with E-state index in [4.69, 9.17) is 20.4 Å². The molecule has 38 heavy (non-hydrogen) atoms. The van der Waals surface area contributed by atoms with Crippen LogP contribution in [0.5, 0.6) is 0 Å². The van der Waals surface area contributed by atoms with Gasteiger partial charge in [0.25, 0.3) is 5.91 Å². The lowest BCUT2D eigenvalue weighted by Crippen LogP contribution is -2.38. The van der Waals surface area contributed by atoms with Crippen LogP contribution in [0.25, 0.3) is 22.3 Å². The van der Waals surface area contributed by atoms with Crippen LogP contribution in [0.15, 0.2) is 36.7 Å². The molecule has 2 aliphatic heterocycles. The van der Waals surface area contributed by atoms with E-state index >= 15 is 0 Å². The van der Waals surface area contributed by atoms with Crippen LogP contribution in [-0.4, -0.2) is 80.3 Å². The van der Waals surface area contributed by atoms with E-state index in [-0.39, 0.29) is 36.0 Å². The molecule has 0 atom stereocenters. The molecule has 11 nitrogen and oxygen atoms in total. The Hall–Kier alpha value is -3.90. The van der Waals surface area contributed by atoms with Gasteiger partial charge in [-0.15, -0.1) is 12.4 Å². The van der Waals surface area contributed by atoms with Crippen molar-refractivity contribution in [2.45, 2.75) is 18.8 Å². The molecule has 1 amide bonds. The molecule has 3 aromatic heterocycles. The topological polar surface area (TPSA) is 139 Å². The molecule has 5 heterocycles. The number of fused-ring (bicyclic) bond motifs is 1. The fourth-order valence-electron chi connectivity index (χ4n) is 4.94. The minimum absolute atomic E-state index is 0.